The first-order chi connectivity index (χ1) is 24.2. The van der Waals surface area contributed by atoms with Crippen molar-refractivity contribution in [1.29, 1.82) is 0 Å². The van der Waals surface area contributed by atoms with Crippen molar-refractivity contribution in [1.82, 2.24) is 0 Å². The van der Waals surface area contributed by atoms with Crippen molar-refractivity contribution in [3.63, 3.8) is 0 Å². The molecule has 0 aromatic heterocycles. The van der Waals surface area contributed by atoms with Gasteiger partial charge in [-0.2, -0.15) is 0 Å². The molecule has 6 atom stereocenters. The zero-order valence-electron chi connectivity index (χ0n) is 29.9. The van der Waals surface area contributed by atoms with E-state index in [-0.39, 0.29) is 16.2 Å². The van der Waals surface area contributed by atoms with Gasteiger partial charge in [0.25, 0.3) is 0 Å². The number of nitrogens with zero attached hydrogens (tertiary/aromatic N) is 1. The van der Waals surface area contributed by atoms with E-state index >= 15 is 0 Å². The van der Waals surface area contributed by atoms with Gasteiger partial charge in [-0.3, -0.25) is 0 Å². The van der Waals surface area contributed by atoms with Crippen LogP contribution < -0.4 is 9.64 Å². The van der Waals surface area contributed by atoms with Crippen molar-refractivity contribution in [2.24, 2.45) is 29.1 Å². The first-order valence-corrected chi connectivity index (χ1v) is 19.2. The Morgan fingerprint density at radius 3 is 2.08 bits per heavy atom. The Morgan fingerprint density at radius 1 is 0.600 bits per heavy atom. The summed E-state index contributed by atoms with van der Waals surface area (Å²) < 4.78 is 7.41. The second-order valence-electron chi connectivity index (χ2n) is 18.0. The van der Waals surface area contributed by atoms with Gasteiger partial charge < -0.3 is 9.64 Å². The maximum absolute atomic E-state index is 7.41. The van der Waals surface area contributed by atoms with E-state index < -0.39 is 0 Å². The molecular formula is C48H47NO. The minimum absolute atomic E-state index is 0.0134. The smallest absolute Gasteiger partial charge is 0.155 e. The van der Waals surface area contributed by atoms with E-state index in [0.29, 0.717) is 17.3 Å². The molecule has 4 fully saturated rings. The van der Waals surface area contributed by atoms with E-state index in [2.05, 4.69) is 148 Å². The molecule has 5 aliphatic carbocycles. The van der Waals surface area contributed by atoms with Gasteiger partial charge in [-0.05, 0) is 131 Å². The van der Waals surface area contributed by atoms with Crippen LogP contribution in [0.4, 0.5) is 17.1 Å². The molecule has 0 radical (unpaired) electrons. The fourth-order valence-corrected chi connectivity index (χ4v) is 13.0. The second-order valence-corrected chi connectivity index (χ2v) is 18.0. The van der Waals surface area contributed by atoms with Crippen LogP contribution in [-0.4, -0.2) is 0 Å². The topological polar surface area (TPSA) is 12.5 Å². The number of para-hydroxylation sites is 2. The highest BCUT2D eigenvalue weighted by Crippen LogP contribution is 2.89. The monoisotopic (exact) mass is 653 g/mol. The van der Waals surface area contributed by atoms with Gasteiger partial charge in [-0.25, -0.2) is 0 Å². The Balaban J connectivity index is 1.17. The fourth-order valence-electron chi connectivity index (χ4n) is 13.0. The van der Waals surface area contributed by atoms with Crippen LogP contribution in [0.15, 0.2) is 115 Å². The van der Waals surface area contributed by atoms with Crippen LogP contribution in [0.1, 0.15) is 88.5 Å². The molecule has 50 heavy (non-hydrogen) atoms. The summed E-state index contributed by atoms with van der Waals surface area (Å²) in [6.07, 6.45) is 8.03. The van der Waals surface area contributed by atoms with Gasteiger partial charge in [0.05, 0.1) is 11.4 Å². The molecular weight excluding hydrogens is 607 g/mol. The highest BCUT2D eigenvalue weighted by atomic mass is 16.5. The summed E-state index contributed by atoms with van der Waals surface area (Å²) in [6.45, 7) is 9.78. The minimum Gasteiger partial charge on any atom is -0.454 e. The SMILES string of the molecule is CC1(C)CCC(C)(C)c2c(N(c3ccccc3)c3cccc4c3Oc3cc(-c5ccccc5)ccc3C43C4CC5CC6CC3C64C5)cccc21. The molecule has 2 bridgehead atoms. The molecule has 0 amide bonds. The molecule has 2 heteroatoms. The average Bonchev–Trinajstić information content (AvgIpc) is 3.66. The number of hydrogen-bond donors (Lipinski definition) is 0. The molecule has 2 spiro atoms. The standard InChI is InChI=1S/C48H47NO/c1-45(2)23-24-46(3,4)43-36(45)17-11-19-38(43)49(34-15-9-6-10-16-34)39-20-12-18-37-44(39)50-40-27-32(31-13-7-5-8-14-31)21-22-35(40)48(37)41-26-30-25-33-28-42(48)47(33,41)29-30/h5-22,27,30,33,41-42H,23-26,28-29H2,1-4H3. The molecule has 6 aliphatic rings. The zero-order chi connectivity index (χ0) is 33.6. The molecule has 2 nitrogen and oxygen atoms in total. The fraction of sp³-hybridized carbons (Fsp3) is 0.375. The second kappa shape index (κ2) is 9.72. The van der Waals surface area contributed by atoms with E-state index in [1.165, 1.54) is 83.3 Å². The number of ether oxygens (including phenoxy) is 1. The first kappa shape index (κ1) is 29.4. The molecule has 1 heterocycles. The highest BCUT2D eigenvalue weighted by molar-refractivity contribution is 5.86. The lowest BCUT2D eigenvalue weighted by Crippen LogP contribution is -2.74. The largest absolute Gasteiger partial charge is 0.454 e. The van der Waals surface area contributed by atoms with E-state index in [9.17, 15) is 0 Å². The first-order valence-electron chi connectivity index (χ1n) is 19.2. The molecule has 250 valence electrons. The van der Waals surface area contributed by atoms with Crippen molar-refractivity contribution in [2.75, 3.05) is 4.90 Å². The summed E-state index contributed by atoms with van der Waals surface area (Å²) in [5.41, 5.74) is 12.7. The van der Waals surface area contributed by atoms with Gasteiger partial charge in [-0.15, -0.1) is 0 Å². The number of fused-ring (bicyclic) bond motifs is 8. The van der Waals surface area contributed by atoms with Gasteiger partial charge in [0.1, 0.15) is 5.75 Å². The van der Waals surface area contributed by atoms with Crippen LogP contribution >= 0.6 is 0 Å². The molecule has 4 saturated carbocycles. The summed E-state index contributed by atoms with van der Waals surface area (Å²) >= 11 is 0. The Kier molecular flexibility index (Phi) is 5.72. The minimum atomic E-state index is 0.0134. The Hall–Kier alpha value is -4.30. The quantitative estimate of drug-likeness (QED) is 0.191. The third-order valence-electron chi connectivity index (χ3n) is 15.0. The van der Waals surface area contributed by atoms with Crippen molar-refractivity contribution in [3.05, 3.63) is 138 Å². The molecule has 5 aromatic rings. The van der Waals surface area contributed by atoms with Crippen LogP contribution in [0.2, 0.25) is 0 Å². The van der Waals surface area contributed by atoms with Gasteiger partial charge in [0.2, 0.25) is 0 Å². The average molecular weight is 654 g/mol. The summed E-state index contributed by atoms with van der Waals surface area (Å²) in [6, 6.07) is 43.3. The predicted molar refractivity (Wildman–Crippen MR) is 204 cm³/mol. The molecule has 1 aliphatic heterocycles. The van der Waals surface area contributed by atoms with Gasteiger partial charge in [0, 0.05) is 22.2 Å². The van der Waals surface area contributed by atoms with E-state index in [1.807, 2.05) is 0 Å². The lowest BCUT2D eigenvalue weighted by atomic mass is 9.26. The molecule has 0 N–H and O–H groups in total. The Bertz CT molecular complexity index is 2200. The molecule has 0 saturated heterocycles. The number of anilines is 3. The summed E-state index contributed by atoms with van der Waals surface area (Å²) in [4.78, 5) is 2.55. The van der Waals surface area contributed by atoms with Crippen molar-refractivity contribution in [2.45, 2.75) is 82.5 Å². The molecule has 11 rings (SSSR count). The lowest BCUT2D eigenvalue weighted by molar-refractivity contribution is -0.235. The third kappa shape index (κ3) is 3.51. The number of benzene rings is 5. The van der Waals surface area contributed by atoms with Gasteiger partial charge in [-0.1, -0.05) is 113 Å². The normalized spacial score (nSPS) is 31.0. The van der Waals surface area contributed by atoms with Crippen molar-refractivity contribution >= 4 is 17.1 Å². The summed E-state index contributed by atoms with van der Waals surface area (Å²) in [7, 11) is 0. The molecule has 5 aromatic carbocycles. The van der Waals surface area contributed by atoms with Crippen LogP contribution in [0, 0.1) is 29.1 Å². The summed E-state index contributed by atoms with van der Waals surface area (Å²) in [5.74, 6) is 5.37. The maximum atomic E-state index is 7.41. The molecule has 6 unspecified atom stereocenters. The third-order valence-corrected chi connectivity index (χ3v) is 15.0. The van der Waals surface area contributed by atoms with E-state index in [0.717, 1.165) is 29.0 Å². The van der Waals surface area contributed by atoms with Crippen LogP contribution in [-0.2, 0) is 16.2 Å². The van der Waals surface area contributed by atoms with Crippen LogP contribution in [0.25, 0.3) is 11.1 Å². The maximum Gasteiger partial charge on any atom is 0.155 e. The number of hydrogen-bond acceptors (Lipinski definition) is 2. The zero-order valence-corrected chi connectivity index (χ0v) is 29.9. The Labute approximate surface area is 297 Å². The lowest BCUT2D eigenvalue weighted by Gasteiger charge is -2.77. The van der Waals surface area contributed by atoms with Crippen LogP contribution in [0.3, 0.4) is 0 Å². The van der Waals surface area contributed by atoms with Crippen molar-refractivity contribution in [3.8, 4) is 22.6 Å². The van der Waals surface area contributed by atoms with Crippen LogP contribution in [0.5, 0.6) is 11.5 Å². The predicted octanol–water partition coefficient (Wildman–Crippen LogP) is 12.6. The highest BCUT2D eigenvalue weighted by Gasteiger charge is 2.84. The van der Waals surface area contributed by atoms with E-state index in [4.69, 9.17) is 4.74 Å². The van der Waals surface area contributed by atoms with Crippen molar-refractivity contribution < 1.29 is 4.74 Å². The number of rotatable bonds is 4. The Morgan fingerprint density at radius 2 is 1.30 bits per heavy atom. The van der Waals surface area contributed by atoms with Gasteiger partial charge >= 0.3 is 0 Å². The summed E-state index contributed by atoms with van der Waals surface area (Å²) in [5, 5.41) is 0. The van der Waals surface area contributed by atoms with E-state index in [1.54, 1.807) is 0 Å². The van der Waals surface area contributed by atoms with Gasteiger partial charge in [0.15, 0.2) is 5.75 Å².